The Morgan fingerprint density at radius 1 is 0.354 bits per heavy atom. The smallest absolute Gasteiger partial charge is 0.462 e. The quantitative estimate of drug-likeness (QED) is 0.0222. The molecule has 3 unspecified atom stereocenters. The summed E-state index contributed by atoms with van der Waals surface area (Å²) < 4.78 is 67.8. The minimum atomic E-state index is -4.94. The summed E-state index contributed by atoms with van der Waals surface area (Å²) in [7, 11) is -9.88. The average molecular weight is 1210 g/mol. The minimum Gasteiger partial charge on any atom is -0.462 e. The molecule has 0 aromatic heterocycles. The highest BCUT2D eigenvalue weighted by molar-refractivity contribution is 7.47. The zero-order chi connectivity index (χ0) is 61.0. The molecule has 82 heavy (non-hydrogen) atoms. The van der Waals surface area contributed by atoms with Gasteiger partial charge in [0, 0.05) is 25.7 Å². The first-order chi connectivity index (χ1) is 39.3. The highest BCUT2D eigenvalue weighted by Crippen LogP contribution is 2.45. The minimum absolute atomic E-state index is 0.102. The van der Waals surface area contributed by atoms with E-state index in [-0.39, 0.29) is 25.7 Å². The van der Waals surface area contributed by atoms with Crippen molar-refractivity contribution in [3.8, 4) is 0 Å². The number of esters is 4. The Morgan fingerprint density at radius 3 is 0.927 bits per heavy atom. The molecule has 486 valence electrons. The molecule has 0 aliphatic heterocycles. The van der Waals surface area contributed by atoms with Crippen molar-refractivity contribution in [1.29, 1.82) is 0 Å². The Hall–Kier alpha value is -1.94. The molecule has 3 N–H and O–H groups in total. The van der Waals surface area contributed by atoms with Gasteiger partial charge in [0.1, 0.15) is 19.3 Å². The third kappa shape index (κ3) is 55.9. The highest BCUT2D eigenvalue weighted by Gasteiger charge is 2.30. The fraction of sp³-hybridized carbons (Fsp3) is 0.937. The van der Waals surface area contributed by atoms with Gasteiger partial charge in [0.15, 0.2) is 12.2 Å². The summed E-state index contributed by atoms with van der Waals surface area (Å²) >= 11 is 0. The summed E-state index contributed by atoms with van der Waals surface area (Å²) in [4.78, 5) is 72.0. The van der Waals surface area contributed by atoms with E-state index in [2.05, 4.69) is 48.5 Å². The number of unbranched alkanes of at least 4 members (excludes halogenated alkanes) is 28. The third-order valence-corrected chi connectivity index (χ3v) is 16.6. The second-order valence-corrected chi connectivity index (χ2v) is 26.9. The molecule has 6 atom stereocenters. The van der Waals surface area contributed by atoms with Gasteiger partial charge < -0.3 is 33.8 Å². The average Bonchev–Trinajstić information content (AvgIpc) is 3.43. The summed E-state index contributed by atoms with van der Waals surface area (Å²) in [6, 6.07) is 0. The molecule has 0 aromatic rings. The number of hydrogen-bond acceptors (Lipinski definition) is 15. The van der Waals surface area contributed by atoms with E-state index in [0.29, 0.717) is 31.6 Å². The summed E-state index contributed by atoms with van der Waals surface area (Å²) in [5, 5.41) is 10.5. The Labute approximate surface area is 498 Å². The van der Waals surface area contributed by atoms with Gasteiger partial charge in [0.2, 0.25) is 0 Å². The van der Waals surface area contributed by atoms with Gasteiger partial charge in [-0.1, -0.05) is 254 Å². The van der Waals surface area contributed by atoms with E-state index in [4.69, 9.17) is 37.0 Å². The lowest BCUT2D eigenvalue weighted by atomic mass is 10.00. The molecule has 0 radical (unpaired) electrons. The molecule has 0 saturated heterocycles. The number of aliphatic hydroxyl groups excluding tert-OH is 1. The maximum Gasteiger partial charge on any atom is 0.472 e. The predicted octanol–water partition coefficient (Wildman–Crippen LogP) is 17.1. The van der Waals surface area contributed by atoms with Crippen LogP contribution < -0.4 is 0 Å². The molecule has 0 rings (SSSR count). The van der Waals surface area contributed by atoms with Gasteiger partial charge in [0.25, 0.3) is 0 Å². The molecule has 0 saturated carbocycles. The van der Waals surface area contributed by atoms with Crippen molar-refractivity contribution in [3.05, 3.63) is 0 Å². The number of hydrogen-bond donors (Lipinski definition) is 3. The molecule has 0 aromatic carbocycles. The zero-order valence-electron chi connectivity index (χ0n) is 52.9. The summed E-state index contributed by atoms with van der Waals surface area (Å²) in [6.07, 6.45) is 35.1. The normalized spacial score (nSPS) is 14.7. The van der Waals surface area contributed by atoms with Gasteiger partial charge in [-0.15, -0.1) is 0 Å². The Morgan fingerprint density at radius 2 is 0.622 bits per heavy atom. The van der Waals surface area contributed by atoms with Crippen molar-refractivity contribution in [2.75, 3.05) is 39.6 Å². The summed E-state index contributed by atoms with van der Waals surface area (Å²) in [5.41, 5.74) is 0. The summed E-state index contributed by atoms with van der Waals surface area (Å²) in [5.74, 6) is 0.0580. The lowest BCUT2D eigenvalue weighted by molar-refractivity contribution is -0.161. The van der Waals surface area contributed by atoms with Crippen LogP contribution in [-0.2, 0) is 65.4 Å². The Kier molecular flexibility index (Phi) is 53.2. The van der Waals surface area contributed by atoms with Crippen LogP contribution in [0.2, 0.25) is 0 Å². The fourth-order valence-corrected chi connectivity index (χ4v) is 10.9. The van der Waals surface area contributed by atoms with Crippen molar-refractivity contribution < 1.29 is 80.2 Å². The number of phosphoric acid groups is 2. The van der Waals surface area contributed by atoms with Crippen molar-refractivity contribution in [3.63, 3.8) is 0 Å². The number of ether oxygens (including phenoxy) is 4. The van der Waals surface area contributed by atoms with Gasteiger partial charge in [-0.3, -0.25) is 37.3 Å². The highest BCUT2D eigenvalue weighted by atomic mass is 31.2. The lowest BCUT2D eigenvalue weighted by Crippen LogP contribution is -2.30. The lowest BCUT2D eigenvalue weighted by Gasteiger charge is -2.21. The first-order valence-electron chi connectivity index (χ1n) is 32.9. The first kappa shape index (κ1) is 80.1. The topological polar surface area (TPSA) is 237 Å². The van der Waals surface area contributed by atoms with Gasteiger partial charge >= 0.3 is 39.5 Å². The first-order valence-corrected chi connectivity index (χ1v) is 35.9. The van der Waals surface area contributed by atoms with E-state index in [9.17, 15) is 43.2 Å². The molecule has 17 nitrogen and oxygen atoms in total. The molecular weight excluding hydrogens is 1090 g/mol. The molecule has 0 aliphatic rings. The zero-order valence-corrected chi connectivity index (χ0v) is 54.7. The van der Waals surface area contributed by atoms with Crippen LogP contribution in [0.5, 0.6) is 0 Å². The third-order valence-electron chi connectivity index (χ3n) is 14.7. The van der Waals surface area contributed by atoms with E-state index < -0.39 is 97.5 Å². The monoisotopic (exact) mass is 1210 g/mol. The SMILES string of the molecule is CCCCCCCCCC(=O)OC[C@H](COP(=O)(O)OC[C@H](O)COP(=O)(O)OC[C@@H](COC(=O)CCCCCCCCCC(C)C)OC(=O)CCCCCCCCCCCCCCC(C)C)OC(=O)CCCCCCCCC(C)CC. The number of carbonyl (C=O) groups is 4. The van der Waals surface area contributed by atoms with Crippen molar-refractivity contribution in [1.82, 2.24) is 0 Å². The van der Waals surface area contributed by atoms with Crippen LogP contribution in [0.4, 0.5) is 0 Å². The number of aliphatic hydroxyl groups is 1. The largest absolute Gasteiger partial charge is 0.472 e. The van der Waals surface area contributed by atoms with Crippen LogP contribution in [0.3, 0.4) is 0 Å². The van der Waals surface area contributed by atoms with Crippen molar-refractivity contribution in [2.24, 2.45) is 17.8 Å². The van der Waals surface area contributed by atoms with E-state index in [1.807, 2.05) is 0 Å². The second-order valence-electron chi connectivity index (χ2n) is 24.0. The summed E-state index contributed by atoms with van der Waals surface area (Å²) in [6.45, 7) is 11.6. The van der Waals surface area contributed by atoms with Crippen LogP contribution >= 0.6 is 15.6 Å². The molecule has 19 heteroatoms. The van der Waals surface area contributed by atoms with Gasteiger partial charge in [0.05, 0.1) is 26.4 Å². The maximum atomic E-state index is 13.0. The van der Waals surface area contributed by atoms with Crippen LogP contribution in [0.15, 0.2) is 0 Å². The second kappa shape index (κ2) is 54.5. The van der Waals surface area contributed by atoms with Gasteiger partial charge in [-0.2, -0.15) is 0 Å². The number of rotatable bonds is 61. The molecule has 0 amide bonds. The van der Waals surface area contributed by atoms with E-state index in [0.717, 1.165) is 121 Å². The molecule has 0 fully saturated rings. The Bertz CT molecular complexity index is 1630. The standard InChI is InChI=1S/C63H122O17P2/c1-8-10-11-12-20-30-37-44-60(65)73-50-59(80-63(68)47-40-33-26-25-29-36-43-56(7)9-2)53-78-82(71,72)76-49-57(64)48-75-81(69,70)77-52-58(51-74-61(66)45-38-31-24-19-22-28-35-42-55(5)6)79-62(67)46-39-32-23-18-16-14-13-15-17-21-27-34-41-54(3)4/h54-59,64H,8-53H2,1-7H3,(H,69,70)(H,71,72)/t56?,57-,58-,59-/m1/s1. The van der Waals surface area contributed by atoms with Crippen LogP contribution in [-0.4, -0.2) is 96.7 Å². The number of phosphoric ester groups is 2. The van der Waals surface area contributed by atoms with E-state index >= 15 is 0 Å². The molecule has 0 spiro atoms. The van der Waals surface area contributed by atoms with Gasteiger partial charge in [-0.25, -0.2) is 9.13 Å². The predicted molar refractivity (Wildman–Crippen MR) is 326 cm³/mol. The maximum absolute atomic E-state index is 13.0. The van der Waals surface area contributed by atoms with Crippen LogP contribution in [0, 0.1) is 17.8 Å². The number of carbonyl (C=O) groups excluding carboxylic acids is 4. The van der Waals surface area contributed by atoms with E-state index in [1.54, 1.807) is 0 Å². The van der Waals surface area contributed by atoms with Crippen molar-refractivity contribution in [2.45, 2.75) is 324 Å². The molecule has 0 aliphatic carbocycles. The Balaban J connectivity index is 5.21. The molecular formula is C63H122O17P2. The van der Waals surface area contributed by atoms with E-state index in [1.165, 1.54) is 96.3 Å². The molecule has 0 heterocycles. The van der Waals surface area contributed by atoms with Gasteiger partial charge in [-0.05, 0) is 43.4 Å². The molecule has 0 bridgehead atoms. The van der Waals surface area contributed by atoms with Crippen LogP contribution in [0.1, 0.15) is 305 Å². The fourth-order valence-electron chi connectivity index (χ4n) is 9.27. The van der Waals surface area contributed by atoms with Crippen molar-refractivity contribution >= 4 is 39.5 Å². The van der Waals surface area contributed by atoms with Crippen LogP contribution in [0.25, 0.3) is 0 Å².